The van der Waals surface area contributed by atoms with Crippen molar-refractivity contribution in [3.63, 3.8) is 0 Å². The molecule has 0 aliphatic rings. The molecule has 1 aromatic carbocycles. The Bertz CT molecular complexity index is 303. The first-order valence-electron chi connectivity index (χ1n) is 3.05. The summed E-state index contributed by atoms with van der Waals surface area (Å²) in [4.78, 5) is 0. The first-order valence-corrected chi connectivity index (χ1v) is 3.05. The van der Waals surface area contributed by atoms with Crippen LogP contribution in [0.5, 0.6) is 0 Å². The third kappa shape index (κ3) is 1.08. The highest BCUT2D eigenvalue weighted by molar-refractivity contribution is 5.23. The lowest BCUT2D eigenvalue weighted by atomic mass is 10.2. The molecule has 0 spiro atoms. The number of aryl methyl sites for hydroxylation is 1. The number of rotatable bonds is 0. The topological polar surface area (TPSA) is 0 Å². The minimum Gasteiger partial charge on any atom is -0.206 e. The van der Waals surface area contributed by atoms with Gasteiger partial charge in [-0.2, -0.15) is 0 Å². The monoisotopic (exact) mass is 136 g/mol. The summed E-state index contributed by atoms with van der Waals surface area (Å²) in [6.07, 6.45) is 0. The van der Waals surface area contributed by atoms with Crippen molar-refractivity contribution in [2.24, 2.45) is 0 Å². The van der Waals surface area contributed by atoms with Crippen molar-refractivity contribution in [2.45, 2.75) is 6.92 Å². The van der Waals surface area contributed by atoms with Gasteiger partial charge in [0.2, 0.25) is 0 Å². The van der Waals surface area contributed by atoms with Gasteiger partial charge in [0.1, 0.15) is 5.82 Å². The Morgan fingerprint density at radius 1 is 1.20 bits per heavy atom. The molecular weight excluding hydrogens is 127 g/mol. The molecule has 10 heavy (non-hydrogen) atoms. The zero-order valence-electron chi connectivity index (χ0n) is 5.95. The molecule has 0 heterocycles. The van der Waals surface area contributed by atoms with E-state index >= 15 is 0 Å². The van der Waals surface area contributed by atoms with Crippen molar-refractivity contribution in [1.29, 1.82) is 0 Å². The van der Waals surface area contributed by atoms with Crippen LogP contribution in [0.3, 0.4) is 0 Å². The molecule has 0 nitrogen and oxygen atoms in total. The maximum absolute atomic E-state index is 12.7. The smallest absolute Gasteiger partial charge is 0.130 e. The number of hydrogen-bond acceptors (Lipinski definition) is 0. The van der Waals surface area contributed by atoms with Crippen LogP contribution in [0.25, 0.3) is 13.2 Å². The van der Waals surface area contributed by atoms with Crippen LogP contribution in [0.4, 0.5) is 4.39 Å². The Labute approximate surface area is 59.3 Å². The van der Waals surface area contributed by atoms with E-state index in [1.165, 1.54) is 6.07 Å². The van der Waals surface area contributed by atoms with Gasteiger partial charge in [-0.05, 0) is 29.8 Å². The van der Waals surface area contributed by atoms with Gasteiger partial charge in [-0.1, -0.05) is 13.2 Å². The molecule has 0 aliphatic heterocycles. The Kier molecular flexibility index (Phi) is 1.58. The van der Waals surface area contributed by atoms with Crippen molar-refractivity contribution in [2.75, 3.05) is 0 Å². The molecule has 0 aromatic heterocycles. The van der Waals surface area contributed by atoms with Gasteiger partial charge in [0.05, 0.1) is 0 Å². The van der Waals surface area contributed by atoms with Crippen LogP contribution in [0.1, 0.15) is 5.56 Å². The van der Waals surface area contributed by atoms with E-state index in [-0.39, 0.29) is 5.82 Å². The lowest BCUT2D eigenvalue weighted by Crippen LogP contribution is -2.14. The Morgan fingerprint density at radius 3 is 2.30 bits per heavy atom. The second-order valence-corrected chi connectivity index (χ2v) is 2.37. The fourth-order valence-electron chi connectivity index (χ4n) is 0.782. The summed E-state index contributed by atoms with van der Waals surface area (Å²) in [6, 6.07) is 3.09. The summed E-state index contributed by atoms with van der Waals surface area (Å²) < 4.78 is 12.7. The lowest BCUT2D eigenvalue weighted by Gasteiger charge is -1.93. The van der Waals surface area contributed by atoms with Gasteiger partial charge in [-0.3, -0.25) is 0 Å². The number of hydrogen-bond donors (Lipinski definition) is 0. The quantitative estimate of drug-likeness (QED) is 0.498. The second kappa shape index (κ2) is 2.25. The zero-order valence-corrected chi connectivity index (χ0v) is 5.95. The van der Waals surface area contributed by atoms with Crippen LogP contribution in [0, 0.1) is 12.7 Å². The molecule has 0 atom stereocenters. The molecule has 0 amide bonds. The van der Waals surface area contributed by atoms with Gasteiger partial charge in [0, 0.05) is 5.22 Å². The molecule has 52 valence electrons. The van der Waals surface area contributed by atoms with Crippen molar-refractivity contribution in [3.8, 4) is 0 Å². The van der Waals surface area contributed by atoms with E-state index in [1.807, 2.05) is 6.92 Å². The van der Waals surface area contributed by atoms with E-state index in [1.54, 1.807) is 6.07 Å². The predicted octanol–water partition coefficient (Wildman–Crippen LogP) is 0.955. The number of halogens is 1. The van der Waals surface area contributed by atoms with Crippen molar-refractivity contribution < 1.29 is 4.39 Å². The molecule has 0 saturated heterocycles. The third-order valence-corrected chi connectivity index (χ3v) is 1.50. The molecular formula is C9H9F. The molecule has 1 heteroatoms. The molecule has 1 aromatic rings. The van der Waals surface area contributed by atoms with Gasteiger partial charge in [-0.15, -0.1) is 0 Å². The summed E-state index contributed by atoms with van der Waals surface area (Å²) in [5.74, 6) is -0.282. The van der Waals surface area contributed by atoms with Crippen LogP contribution in [0.2, 0.25) is 0 Å². The molecule has 0 fully saturated rings. The average Bonchev–Trinajstić information content (AvgIpc) is 1.84. The van der Waals surface area contributed by atoms with Gasteiger partial charge < -0.3 is 0 Å². The fraction of sp³-hybridized carbons (Fsp3) is 0.111. The highest BCUT2D eigenvalue weighted by atomic mass is 19.1. The number of benzene rings is 1. The summed E-state index contributed by atoms with van der Waals surface area (Å²) in [7, 11) is 0. The van der Waals surface area contributed by atoms with Gasteiger partial charge in [0.15, 0.2) is 0 Å². The summed E-state index contributed by atoms with van der Waals surface area (Å²) in [5, 5.41) is 1.16. The highest BCUT2D eigenvalue weighted by Crippen LogP contribution is 1.85. The Balaban J connectivity index is 3.59. The highest BCUT2D eigenvalue weighted by Gasteiger charge is 1.91. The maximum Gasteiger partial charge on any atom is 0.130 e. The van der Waals surface area contributed by atoms with Gasteiger partial charge >= 0.3 is 0 Å². The van der Waals surface area contributed by atoms with Crippen molar-refractivity contribution >= 4 is 13.2 Å². The molecule has 1 rings (SSSR count). The summed E-state index contributed by atoms with van der Waals surface area (Å²) >= 11 is 0. The minimum atomic E-state index is -0.282. The van der Waals surface area contributed by atoms with Crippen LogP contribution in [0.15, 0.2) is 12.1 Å². The third-order valence-electron chi connectivity index (χ3n) is 1.50. The van der Waals surface area contributed by atoms with Crippen LogP contribution in [-0.4, -0.2) is 0 Å². The van der Waals surface area contributed by atoms with E-state index in [4.69, 9.17) is 0 Å². The average molecular weight is 136 g/mol. The molecule has 0 bridgehead atoms. The first-order chi connectivity index (χ1) is 4.61. The first kappa shape index (κ1) is 7.00. The standard InChI is InChI=1S/C9H9F/c1-6-4-8(3)9(10)5-7(6)2/h4-5H,2-3H2,1H3. The zero-order chi connectivity index (χ0) is 7.72. The molecule has 0 N–H and O–H groups in total. The van der Waals surface area contributed by atoms with E-state index in [2.05, 4.69) is 13.2 Å². The van der Waals surface area contributed by atoms with Crippen LogP contribution < -0.4 is 10.4 Å². The lowest BCUT2D eigenvalue weighted by molar-refractivity contribution is 0.618. The Hall–Kier alpha value is -1.11. The van der Waals surface area contributed by atoms with E-state index in [9.17, 15) is 4.39 Å². The Morgan fingerprint density at radius 2 is 1.80 bits per heavy atom. The fourth-order valence-corrected chi connectivity index (χ4v) is 0.782. The van der Waals surface area contributed by atoms with Crippen LogP contribution in [-0.2, 0) is 0 Å². The largest absolute Gasteiger partial charge is 0.206 e. The van der Waals surface area contributed by atoms with Crippen LogP contribution >= 0.6 is 0 Å². The molecule has 0 aliphatic carbocycles. The summed E-state index contributed by atoms with van der Waals surface area (Å²) in [5.41, 5.74) is 0.978. The van der Waals surface area contributed by atoms with E-state index in [0.29, 0.717) is 5.22 Å². The minimum absolute atomic E-state index is 0.282. The van der Waals surface area contributed by atoms with Gasteiger partial charge in [0.25, 0.3) is 0 Å². The summed E-state index contributed by atoms with van der Waals surface area (Å²) in [6.45, 7) is 9.06. The van der Waals surface area contributed by atoms with E-state index < -0.39 is 0 Å². The molecule has 0 saturated carbocycles. The second-order valence-electron chi connectivity index (χ2n) is 2.37. The SMILES string of the molecule is C=c1cc(F)c(=C)cc1C. The molecule has 0 unspecified atom stereocenters. The van der Waals surface area contributed by atoms with Crippen molar-refractivity contribution in [1.82, 2.24) is 0 Å². The van der Waals surface area contributed by atoms with Gasteiger partial charge in [-0.25, -0.2) is 4.39 Å². The maximum atomic E-state index is 12.7. The normalized spacial score (nSPS) is 9.80. The van der Waals surface area contributed by atoms with E-state index in [0.717, 1.165) is 10.8 Å². The molecule has 0 radical (unpaired) electrons. The predicted molar refractivity (Wildman–Crippen MR) is 41.4 cm³/mol. The van der Waals surface area contributed by atoms with Crippen molar-refractivity contribution in [3.05, 3.63) is 34.0 Å².